The number of rotatable bonds is 7. The number of fused-ring (bicyclic) bond motifs is 1. The molecule has 0 radical (unpaired) electrons. The van der Waals surface area contributed by atoms with E-state index in [1.54, 1.807) is 6.92 Å². The van der Waals surface area contributed by atoms with Gasteiger partial charge >= 0.3 is 12.1 Å². The zero-order chi connectivity index (χ0) is 30.1. The highest BCUT2D eigenvalue weighted by atomic mass is 35.5. The lowest BCUT2D eigenvalue weighted by molar-refractivity contribution is -0.152. The molecule has 2 aromatic rings. The van der Waals surface area contributed by atoms with Crippen molar-refractivity contribution in [2.24, 2.45) is 22.7 Å². The Balaban J connectivity index is 1.47. The zero-order valence-corrected chi connectivity index (χ0v) is 23.8. The molecule has 5 rings (SSSR count). The second-order valence-electron chi connectivity index (χ2n) is 12.7. The molecule has 3 saturated carbocycles. The maximum Gasteiger partial charge on any atom is 0.433 e. The average molecular weight is 600 g/mol. The predicted molar refractivity (Wildman–Crippen MR) is 142 cm³/mol. The number of aliphatic hydroxyl groups excluding tert-OH is 1. The lowest BCUT2D eigenvalue weighted by Crippen LogP contribution is -2.43. The van der Waals surface area contributed by atoms with Crippen LogP contribution in [0.2, 0.25) is 5.02 Å². The largest absolute Gasteiger partial charge is 0.481 e. The van der Waals surface area contributed by atoms with Crippen molar-refractivity contribution in [1.82, 2.24) is 14.7 Å². The molecule has 41 heavy (non-hydrogen) atoms. The molecule has 3 fully saturated rings. The van der Waals surface area contributed by atoms with Gasteiger partial charge < -0.3 is 15.1 Å². The molecule has 0 spiro atoms. The van der Waals surface area contributed by atoms with Crippen LogP contribution in [0.25, 0.3) is 0 Å². The first-order valence-corrected chi connectivity index (χ1v) is 14.2. The number of amides is 1. The summed E-state index contributed by atoms with van der Waals surface area (Å²) in [6.45, 7) is 5.37. The van der Waals surface area contributed by atoms with Gasteiger partial charge in [-0.25, -0.2) is 4.39 Å². The first-order valence-electron chi connectivity index (χ1n) is 13.9. The van der Waals surface area contributed by atoms with Gasteiger partial charge in [0.2, 0.25) is 0 Å². The van der Waals surface area contributed by atoms with Crippen LogP contribution in [0.5, 0.6) is 0 Å². The lowest BCUT2D eigenvalue weighted by atomic mass is 9.74. The molecule has 0 saturated heterocycles. The summed E-state index contributed by atoms with van der Waals surface area (Å²) in [7, 11) is 0. The Bertz CT molecular complexity index is 1320. The number of nitrogens with zero attached hydrogens (tertiary/aromatic N) is 3. The van der Waals surface area contributed by atoms with E-state index >= 15 is 0 Å². The summed E-state index contributed by atoms with van der Waals surface area (Å²) < 4.78 is 59.0. The highest BCUT2D eigenvalue weighted by molar-refractivity contribution is 6.31. The molecule has 7 nitrogen and oxygen atoms in total. The third-order valence-corrected chi connectivity index (χ3v) is 10.3. The molecule has 1 amide bonds. The fourth-order valence-electron chi connectivity index (χ4n) is 7.17. The fourth-order valence-corrected chi connectivity index (χ4v) is 7.45. The molecular formula is C29H34ClF4N3O4. The summed E-state index contributed by atoms with van der Waals surface area (Å²) in [6.07, 6.45) is -3.77. The molecule has 3 aliphatic carbocycles. The second kappa shape index (κ2) is 10.3. The Hall–Kier alpha value is -2.66. The summed E-state index contributed by atoms with van der Waals surface area (Å²) >= 11 is 6.14. The van der Waals surface area contributed by atoms with Gasteiger partial charge in [-0.15, -0.1) is 0 Å². The number of aliphatic carboxylic acids is 1. The minimum Gasteiger partial charge on any atom is -0.481 e. The molecule has 1 heterocycles. The van der Waals surface area contributed by atoms with Crippen LogP contribution in [0.3, 0.4) is 0 Å². The minimum atomic E-state index is -4.92. The molecule has 224 valence electrons. The van der Waals surface area contributed by atoms with Crippen LogP contribution in [-0.2, 0) is 11.0 Å². The van der Waals surface area contributed by atoms with Crippen LogP contribution < -0.4 is 0 Å². The van der Waals surface area contributed by atoms with Gasteiger partial charge in [-0.3, -0.25) is 14.3 Å². The quantitative estimate of drug-likeness (QED) is 0.354. The smallest absolute Gasteiger partial charge is 0.433 e. The molecule has 4 atom stereocenters. The Morgan fingerprint density at radius 1 is 1.17 bits per heavy atom. The molecule has 12 heteroatoms. The van der Waals surface area contributed by atoms with Crippen molar-refractivity contribution >= 4 is 23.5 Å². The number of hydrogen-bond acceptors (Lipinski definition) is 4. The van der Waals surface area contributed by atoms with E-state index in [2.05, 4.69) is 18.9 Å². The van der Waals surface area contributed by atoms with Crippen molar-refractivity contribution in [1.29, 1.82) is 0 Å². The van der Waals surface area contributed by atoms with E-state index in [0.29, 0.717) is 24.7 Å². The summed E-state index contributed by atoms with van der Waals surface area (Å²) in [6, 6.07) is 2.72. The maximum atomic E-state index is 14.6. The van der Waals surface area contributed by atoms with E-state index in [9.17, 15) is 37.4 Å². The van der Waals surface area contributed by atoms with Crippen LogP contribution in [0.4, 0.5) is 17.6 Å². The number of halogens is 5. The molecule has 0 unspecified atom stereocenters. The molecule has 0 aliphatic heterocycles. The molecule has 1 aromatic carbocycles. The van der Waals surface area contributed by atoms with E-state index in [0.717, 1.165) is 16.9 Å². The molecule has 3 aliphatic rings. The highest BCUT2D eigenvalue weighted by Crippen LogP contribution is 2.67. The third kappa shape index (κ3) is 5.24. The van der Waals surface area contributed by atoms with Gasteiger partial charge in [0.1, 0.15) is 11.9 Å². The third-order valence-electron chi connectivity index (χ3n) is 9.96. The maximum absolute atomic E-state index is 14.6. The van der Waals surface area contributed by atoms with Crippen molar-refractivity contribution < 1.29 is 37.4 Å². The van der Waals surface area contributed by atoms with Gasteiger partial charge in [0.25, 0.3) is 5.91 Å². The number of carboxylic acid groups (broad SMARTS) is 1. The SMILES string of the molecule is CC1(C)[C@@H]2C[C@H](N(C[C@H](O)c3c(F)cccc3Cl)C(=O)c3cnn([C@H]4CC[C@](C)(C(=O)O)CC4)c3C(F)(F)F)C[C@@H]21. The van der Waals surface area contributed by atoms with Crippen LogP contribution in [0.1, 0.15) is 93.1 Å². The minimum absolute atomic E-state index is 0.0465. The van der Waals surface area contributed by atoms with Gasteiger partial charge in [-0.1, -0.05) is 31.5 Å². The normalized spacial score (nSPS) is 29.6. The van der Waals surface area contributed by atoms with E-state index in [4.69, 9.17) is 11.6 Å². The Kier molecular flexibility index (Phi) is 7.46. The van der Waals surface area contributed by atoms with Gasteiger partial charge in [-0.05, 0) is 74.8 Å². The van der Waals surface area contributed by atoms with Gasteiger partial charge in [-0.2, -0.15) is 18.3 Å². The van der Waals surface area contributed by atoms with Crippen LogP contribution in [0, 0.1) is 28.5 Å². The number of hydrogen-bond donors (Lipinski definition) is 2. The molecular weight excluding hydrogens is 566 g/mol. The van der Waals surface area contributed by atoms with Crippen molar-refractivity contribution in [2.75, 3.05) is 6.54 Å². The van der Waals surface area contributed by atoms with Crippen LogP contribution >= 0.6 is 11.6 Å². The lowest BCUT2D eigenvalue weighted by Gasteiger charge is -2.35. The first-order chi connectivity index (χ1) is 19.1. The predicted octanol–water partition coefficient (Wildman–Crippen LogP) is 6.51. The topological polar surface area (TPSA) is 95.7 Å². The summed E-state index contributed by atoms with van der Waals surface area (Å²) in [5.74, 6) is -2.11. The van der Waals surface area contributed by atoms with E-state index in [1.165, 1.54) is 17.0 Å². The molecule has 2 N–H and O–H groups in total. The molecule has 0 bridgehead atoms. The van der Waals surface area contributed by atoms with E-state index in [1.807, 2.05) is 0 Å². The number of carbonyl (C=O) groups excluding carboxylic acids is 1. The standard InChI is InChI=1S/C29H34ClF4N3O4/c1-27(2)18-11-16(12-19(18)27)36(14-22(38)23-20(30)5-4-6-21(23)31)25(39)17-13-35-37(24(17)29(32,33)34)15-7-9-28(3,10-8-15)26(40)41/h4-6,13,15-16,18-19,22,38H,7-12,14H2,1-3H3,(H,40,41)/t15-,16-,18+,19-,22-,28-/m0/s1. The number of benzene rings is 1. The first kappa shape index (κ1) is 29.8. The summed E-state index contributed by atoms with van der Waals surface area (Å²) in [5, 5.41) is 24.5. The van der Waals surface area contributed by atoms with Gasteiger partial charge in [0.15, 0.2) is 5.69 Å². The summed E-state index contributed by atoms with van der Waals surface area (Å²) in [4.78, 5) is 26.8. The van der Waals surface area contributed by atoms with E-state index < -0.39 is 65.3 Å². The Morgan fingerprint density at radius 3 is 2.32 bits per heavy atom. The van der Waals surface area contributed by atoms with Crippen molar-refractivity contribution in [3.63, 3.8) is 0 Å². The monoisotopic (exact) mass is 599 g/mol. The fraction of sp³-hybridized carbons (Fsp3) is 0.621. The number of carbonyl (C=O) groups is 2. The van der Waals surface area contributed by atoms with Crippen LogP contribution in [0.15, 0.2) is 24.4 Å². The highest BCUT2D eigenvalue weighted by Gasteiger charge is 2.63. The van der Waals surface area contributed by atoms with Crippen LogP contribution in [-0.4, -0.2) is 49.4 Å². The number of alkyl halides is 3. The van der Waals surface area contributed by atoms with Gasteiger partial charge in [0, 0.05) is 16.6 Å². The average Bonchev–Trinajstić information content (AvgIpc) is 3.30. The number of carboxylic acids is 1. The summed E-state index contributed by atoms with van der Waals surface area (Å²) in [5.41, 5.74) is -3.01. The second-order valence-corrected chi connectivity index (χ2v) is 13.1. The number of aliphatic hydroxyl groups is 1. The van der Waals surface area contributed by atoms with Gasteiger partial charge in [0.05, 0.1) is 29.8 Å². The Morgan fingerprint density at radius 2 is 1.78 bits per heavy atom. The van der Waals surface area contributed by atoms with Crippen molar-refractivity contribution in [3.05, 3.63) is 52.1 Å². The molecule has 1 aromatic heterocycles. The Labute approximate surface area is 240 Å². The zero-order valence-electron chi connectivity index (χ0n) is 23.1. The number of aromatic nitrogens is 2. The van der Waals surface area contributed by atoms with Crippen molar-refractivity contribution in [2.45, 2.75) is 83.7 Å². The van der Waals surface area contributed by atoms with E-state index in [-0.39, 0.29) is 41.7 Å². The van der Waals surface area contributed by atoms with Crippen molar-refractivity contribution in [3.8, 4) is 0 Å².